The summed E-state index contributed by atoms with van der Waals surface area (Å²) in [6.45, 7) is 4.87. The summed E-state index contributed by atoms with van der Waals surface area (Å²) in [6.07, 6.45) is 1.16. The quantitative estimate of drug-likeness (QED) is 0.693. The van der Waals surface area contributed by atoms with Crippen LogP contribution in [0.3, 0.4) is 0 Å². The topological polar surface area (TPSA) is 38.3 Å². The van der Waals surface area contributed by atoms with Gasteiger partial charge in [-0.3, -0.25) is 4.79 Å². The number of esters is 1. The first-order valence-electron chi connectivity index (χ1n) is 4.73. The van der Waals surface area contributed by atoms with Crippen LogP contribution in [0.2, 0.25) is 0 Å². The molecule has 2 atom stereocenters. The van der Waals surface area contributed by atoms with Crippen molar-refractivity contribution < 1.29 is 9.53 Å². The van der Waals surface area contributed by atoms with Crippen molar-refractivity contribution in [2.24, 2.45) is 0 Å². The lowest BCUT2D eigenvalue weighted by Gasteiger charge is -2.10. The van der Waals surface area contributed by atoms with E-state index in [1.165, 1.54) is 0 Å². The van der Waals surface area contributed by atoms with Crippen LogP contribution in [0, 0.1) is 0 Å². The van der Waals surface area contributed by atoms with E-state index in [2.05, 4.69) is 12.2 Å². The van der Waals surface area contributed by atoms with Gasteiger partial charge in [0.2, 0.25) is 0 Å². The van der Waals surface area contributed by atoms with Crippen molar-refractivity contribution in [3.63, 3.8) is 0 Å². The Morgan fingerprint density at radius 1 is 1.69 bits per heavy atom. The summed E-state index contributed by atoms with van der Waals surface area (Å²) in [5.74, 6) is 0.965. The fourth-order valence-corrected chi connectivity index (χ4v) is 2.58. The van der Waals surface area contributed by atoms with Crippen LogP contribution in [0.1, 0.15) is 20.3 Å². The Kier molecular flexibility index (Phi) is 4.59. The summed E-state index contributed by atoms with van der Waals surface area (Å²) in [7, 11) is 0. The second kappa shape index (κ2) is 5.50. The number of hydrogen-bond acceptors (Lipinski definition) is 4. The summed E-state index contributed by atoms with van der Waals surface area (Å²) < 4.78 is 4.82. The lowest BCUT2D eigenvalue weighted by atomic mass is 10.2. The Bertz CT molecular complexity index is 175. The lowest BCUT2D eigenvalue weighted by molar-refractivity contribution is -0.142. The molecule has 0 bridgehead atoms. The van der Waals surface area contributed by atoms with Crippen molar-refractivity contribution in [1.82, 2.24) is 5.32 Å². The molecular formula is C9H17NO2S. The second-order valence-corrected chi connectivity index (χ2v) is 4.73. The third kappa shape index (κ3) is 4.00. The SMILES string of the molecule is CCOC(=O)CNC1CSC(C)C1. The van der Waals surface area contributed by atoms with E-state index in [0.717, 1.165) is 17.4 Å². The van der Waals surface area contributed by atoms with Gasteiger partial charge in [-0.05, 0) is 13.3 Å². The van der Waals surface area contributed by atoms with Crippen LogP contribution in [0.4, 0.5) is 0 Å². The molecule has 76 valence electrons. The van der Waals surface area contributed by atoms with Gasteiger partial charge in [0.1, 0.15) is 0 Å². The van der Waals surface area contributed by atoms with Crippen molar-refractivity contribution in [2.75, 3.05) is 18.9 Å². The molecule has 1 heterocycles. The van der Waals surface area contributed by atoms with Crippen molar-refractivity contribution in [3.05, 3.63) is 0 Å². The molecule has 0 aliphatic carbocycles. The molecule has 1 fully saturated rings. The van der Waals surface area contributed by atoms with E-state index >= 15 is 0 Å². The van der Waals surface area contributed by atoms with Gasteiger partial charge < -0.3 is 10.1 Å². The third-order valence-electron chi connectivity index (χ3n) is 2.04. The highest BCUT2D eigenvalue weighted by Gasteiger charge is 2.21. The molecule has 0 saturated carbocycles. The predicted octanol–water partition coefficient (Wildman–Crippen LogP) is 1.03. The Morgan fingerprint density at radius 2 is 2.46 bits per heavy atom. The van der Waals surface area contributed by atoms with E-state index in [9.17, 15) is 4.79 Å². The standard InChI is InChI=1S/C9H17NO2S/c1-3-12-9(11)5-10-8-4-7(2)13-6-8/h7-8,10H,3-6H2,1-2H3. The minimum absolute atomic E-state index is 0.146. The first kappa shape index (κ1) is 10.9. The molecule has 0 radical (unpaired) electrons. The molecule has 0 aromatic carbocycles. The molecule has 1 N–H and O–H groups in total. The molecule has 0 aromatic heterocycles. The normalized spacial score (nSPS) is 27.5. The van der Waals surface area contributed by atoms with Gasteiger partial charge >= 0.3 is 5.97 Å². The van der Waals surface area contributed by atoms with Gasteiger partial charge in [-0.25, -0.2) is 0 Å². The highest BCUT2D eigenvalue weighted by molar-refractivity contribution is 8.00. The van der Waals surface area contributed by atoms with Crippen molar-refractivity contribution in [2.45, 2.75) is 31.6 Å². The molecule has 2 unspecified atom stereocenters. The van der Waals surface area contributed by atoms with Gasteiger partial charge in [-0.1, -0.05) is 6.92 Å². The van der Waals surface area contributed by atoms with Gasteiger partial charge in [-0.2, -0.15) is 11.8 Å². The number of thioether (sulfide) groups is 1. The smallest absolute Gasteiger partial charge is 0.319 e. The maximum atomic E-state index is 11.0. The van der Waals surface area contributed by atoms with E-state index in [1.807, 2.05) is 18.7 Å². The van der Waals surface area contributed by atoms with E-state index in [0.29, 0.717) is 19.2 Å². The molecule has 0 spiro atoms. The fourth-order valence-electron chi connectivity index (χ4n) is 1.40. The van der Waals surface area contributed by atoms with E-state index in [-0.39, 0.29) is 5.97 Å². The number of ether oxygens (including phenoxy) is 1. The van der Waals surface area contributed by atoms with Crippen molar-refractivity contribution >= 4 is 17.7 Å². The Morgan fingerprint density at radius 3 is 3.00 bits per heavy atom. The van der Waals surface area contributed by atoms with E-state index in [1.54, 1.807) is 0 Å². The van der Waals surface area contributed by atoms with Crippen LogP contribution in [-0.2, 0) is 9.53 Å². The number of carbonyl (C=O) groups excluding carboxylic acids is 1. The summed E-state index contributed by atoms with van der Waals surface area (Å²) in [6, 6.07) is 0.490. The molecule has 0 amide bonds. The monoisotopic (exact) mass is 203 g/mol. The average molecular weight is 203 g/mol. The Labute approximate surface area is 83.6 Å². The zero-order valence-corrected chi connectivity index (χ0v) is 9.02. The van der Waals surface area contributed by atoms with E-state index in [4.69, 9.17) is 4.74 Å². The van der Waals surface area contributed by atoms with Gasteiger partial charge in [0, 0.05) is 17.0 Å². The number of nitrogens with one attached hydrogen (secondary N) is 1. The average Bonchev–Trinajstić information content (AvgIpc) is 2.49. The zero-order valence-electron chi connectivity index (χ0n) is 8.21. The first-order valence-corrected chi connectivity index (χ1v) is 5.78. The van der Waals surface area contributed by atoms with Gasteiger partial charge in [-0.15, -0.1) is 0 Å². The number of rotatable bonds is 4. The largest absolute Gasteiger partial charge is 0.465 e. The van der Waals surface area contributed by atoms with Crippen LogP contribution in [0.25, 0.3) is 0 Å². The maximum Gasteiger partial charge on any atom is 0.319 e. The van der Waals surface area contributed by atoms with Crippen molar-refractivity contribution in [3.8, 4) is 0 Å². The minimum atomic E-state index is -0.146. The molecule has 3 nitrogen and oxygen atoms in total. The van der Waals surface area contributed by atoms with Crippen LogP contribution < -0.4 is 5.32 Å². The number of carbonyl (C=O) groups is 1. The van der Waals surface area contributed by atoms with Crippen LogP contribution >= 0.6 is 11.8 Å². The molecule has 13 heavy (non-hydrogen) atoms. The third-order valence-corrected chi connectivity index (χ3v) is 3.40. The molecular weight excluding hydrogens is 186 g/mol. The molecule has 4 heteroatoms. The van der Waals surface area contributed by atoms with E-state index < -0.39 is 0 Å². The van der Waals surface area contributed by atoms with Crippen LogP contribution in [0.15, 0.2) is 0 Å². The van der Waals surface area contributed by atoms with Crippen molar-refractivity contribution in [1.29, 1.82) is 0 Å². The predicted molar refractivity (Wildman–Crippen MR) is 55.0 cm³/mol. The van der Waals surface area contributed by atoms with Gasteiger partial charge in [0.15, 0.2) is 0 Å². The highest BCUT2D eigenvalue weighted by atomic mass is 32.2. The zero-order chi connectivity index (χ0) is 9.68. The first-order chi connectivity index (χ1) is 6.22. The Hall–Kier alpha value is -0.220. The summed E-state index contributed by atoms with van der Waals surface area (Å²) in [5.41, 5.74) is 0. The minimum Gasteiger partial charge on any atom is -0.465 e. The second-order valence-electron chi connectivity index (χ2n) is 3.26. The lowest BCUT2D eigenvalue weighted by Crippen LogP contribution is -2.34. The molecule has 1 aliphatic rings. The highest BCUT2D eigenvalue weighted by Crippen LogP contribution is 2.25. The maximum absolute atomic E-state index is 11.0. The summed E-state index contributed by atoms with van der Waals surface area (Å²) in [5, 5.41) is 3.92. The molecule has 1 aliphatic heterocycles. The number of hydrogen-bond donors (Lipinski definition) is 1. The van der Waals surface area contributed by atoms with Gasteiger partial charge in [0.05, 0.1) is 13.2 Å². The molecule has 1 rings (SSSR count). The molecule has 1 saturated heterocycles. The van der Waals surface area contributed by atoms with Crippen LogP contribution in [0.5, 0.6) is 0 Å². The van der Waals surface area contributed by atoms with Crippen LogP contribution in [-0.4, -0.2) is 36.2 Å². The fraction of sp³-hybridized carbons (Fsp3) is 0.889. The summed E-state index contributed by atoms with van der Waals surface area (Å²) in [4.78, 5) is 11.0. The van der Waals surface area contributed by atoms with Gasteiger partial charge in [0.25, 0.3) is 0 Å². The summed E-state index contributed by atoms with van der Waals surface area (Å²) >= 11 is 1.96. The Balaban J connectivity index is 2.09. The molecule has 0 aromatic rings.